The number of nitrogens with zero attached hydrogens (tertiary/aromatic N) is 1. The van der Waals surface area contributed by atoms with Crippen LogP contribution < -0.4 is 4.74 Å². The number of hydrogen-bond donors (Lipinski definition) is 1. The predicted octanol–water partition coefficient (Wildman–Crippen LogP) is 2.34. The Hall–Kier alpha value is -2.49. The van der Waals surface area contributed by atoms with Crippen molar-refractivity contribution in [1.82, 2.24) is 4.98 Å². The number of nitrogens with one attached hydrogen (secondary N) is 1. The summed E-state index contributed by atoms with van der Waals surface area (Å²) in [5, 5.41) is 7.81. The lowest BCUT2D eigenvalue weighted by molar-refractivity contribution is 0.112. The number of hydrogen-bond acceptors (Lipinski definition) is 4. The van der Waals surface area contributed by atoms with Crippen molar-refractivity contribution in [3.05, 3.63) is 59.9 Å². The highest BCUT2D eigenvalue weighted by atomic mass is 16.5. The Balaban J connectivity index is 1.95. The highest BCUT2D eigenvalue weighted by molar-refractivity contribution is 5.97. The van der Waals surface area contributed by atoms with Gasteiger partial charge in [-0.1, -0.05) is 6.07 Å². The zero-order chi connectivity index (χ0) is 12.8. The lowest BCUT2D eigenvalue weighted by Crippen LogP contribution is -2.12. The molecule has 0 bridgehead atoms. The van der Waals surface area contributed by atoms with Crippen LogP contribution in [-0.2, 0) is 0 Å². The second-order valence-corrected chi connectivity index (χ2v) is 3.67. The average Bonchev–Trinajstić information content (AvgIpc) is 2.46. The molecule has 1 aromatic heterocycles. The van der Waals surface area contributed by atoms with E-state index >= 15 is 0 Å². The summed E-state index contributed by atoms with van der Waals surface area (Å²) in [6, 6.07) is 12.1. The number of carbonyl (C=O) groups excluding carboxylic acids is 1. The van der Waals surface area contributed by atoms with Gasteiger partial charge >= 0.3 is 0 Å². The summed E-state index contributed by atoms with van der Waals surface area (Å²) in [5.74, 6) is 0.626. The van der Waals surface area contributed by atoms with E-state index in [0.29, 0.717) is 22.7 Å². The zero-order valence-corrected chi connectivity index (χ0v) is 9.67. The molecule has 0 atom stereocenters. The standard InChI is InChI=1S/C14H12N2O2/c15-13(14-3-1-2-8-16-14)10-18-12-6-4-11(9-17)5-7-12/h1-9,15H,10H2. The van der Waals surface area contributed by atoms with Gasteiger partial charge in [-0.05, 0) is 36.4 Å². The first kappa shape index (κ1) is 12.0. The van der Waals surface area contributed by atoms with E-state index in [0.717, 1.165) is 6.29 Å². The molecular weight excluding hydrogens is 228 g/mol. The maximum atomic E-state index is 10.5. The molecule has 1 N–H and O–H groups in total. The molecule has 0 amide bonds. The Bertz CT molecular complexity index is 535. The maximum absolute atomic E-state index is 10.5. The third kappa shape index (κ3) is 3.01. The van der Waals surface area contributed by atoms with Crippen molar-refractivity contribution in [2.45, 2.75) is 0 Å². The Kier molecular flexibility index (Phi) is 3.81. The van der Waals surface area contributed by atoms with Crippen LogP contribution in [0.2, 0.25) is 0 Å². The first-order valence-electron chi connectivity index (χ1n) is 5.46. The second-order valence-electron chi connectivity index (χ2n) is 3.67. The van der Waals surface area contributed by atoms with Gasteiger partial charge in [-0.25, -0.2) is 0 Å². The molecule has 2 rings (SSSR count). The van der Waals surface area contributed by atoms with Crippen molar-refractivity contribution < 1.29 is 9.53 Å². The quantitative estimate of drug-likeness (QED) is 0.644. The van der Waals surface area contributed by atoms with Gasteiger partial charge in [0, 0.05) is 11.8 Å². The minimum absolute atomic E-state index is 0.150. The smallest absolute Gasteiger partial charge is 0.150 e. The van der Waals surface area contributed by atoms with Crippen LogP contribution in [0.5, 0.6) is 5.75 Å². The predicted molar refractivity (Wildman–Crippen MR) is 68.4 cm³/mol. The van der Waals surface area contributed by atoms with E-state index in [2.05, 4.69) is 4.98 Å². The molecule has 0 saturated heterocycles. The Morgan fingerprint density at radius 2 is 2.00 bits per heavy atom. The van der Waals surface area contributed by atoms with E-state index in [9.17, 15) is 4.79 Å². The summed E-state index contributed by atoms with van der Waals surface area (Å²) in [6.45, 7) is 0.150. The van der Waals surface area contributed by atoms with Crippen LogP contribution >= 0.6 is 0 Å². The van der Waals surface area contributed by atoms with Crippen molar-refractivity contribution in [3.8, 4) is 5.75 Å². The first-order chi connectivity index (χ1) is 8.79. The van der Waals surface area contributed by atoms with E-state index in [1.54, 1.807) is 42.6 Å². The molecule has 0 fully saturated rings. The lowest BCUT2D eigenvalue weighted by Gasteiger charge is -2.06. The lowest BCUT2D eigenvalue weighted by atomic mass is 10.2. The monoisotopic (exact) mass is 240 g/mol. The molecule has 0 aliphatic rings. The summed E-state index contributed by atoms with van der Waals surface area (Å²) in [4.78, 5) is 14.6. The third-order valence-corrected chi connectivity index (χ3v) is 2.37. The SMILES string of the molecule is N=C(COc1ccc(C=O)cc1)c1ccccn1. The van der Waals surface area contributed by atoms with Crippen LogP contribution in [0.15, 0.2) is 48.7 Å². The van der Waals surface area contributed by atoms with E-state index in [1.165, 1.54) is 0 Å². The van der Waals surface area contributed by atoms with Gasteiger partial charge in [-0.3, -0.25) is 15.2 Å². The Morgan fingerprint density at radius 1 is 1.22 bits per heavy atom. The molecule has 0 unspecified atom stereocenters. The van der Waals surface area contributed by atoms with E-state index in [1.807, 2.05) is 6.07 Å². The molecule has 0 spiro atoms. The summed E-state index contributed by atoms with van der Waals surface area (Å²) >= 11 is 0. The Morgan fingerprint density at radius 3 is 2.61 bits per heavy atom. The van der Waals surface area contributed by atoms with Crippen molar-refractivity contribution in [1.29, 1.82) is 5.41 Å². The van der Waals surface area contributed by atoms with E-state index in [-0.39, 0.29) is 6.61 Å². The van der Waals surface area contributed by atoms with Crippen LogP contribution in [0.3, 0.4) is 0 Å². The molecule has 4 heteroatoms. The third-order valence-electron chi connectivity index (χ3n) is 2.37. The van der Waals surface area contributed by atoms with Gasteiger partial charge in [0.15, 0.2) is 0 Å². The largest absolute Gasteiger partial charge is 0.487 e. The fraction of sp³-hybridized carbons (Fsp3) is 0.0714. The number of benzene rings is 1. The molecule has 1 heterocycles. The summed E-state index contributed by atoms with van der Waals surface area (Å²) in [6.07, 6.45) is 2.42. The molecule has 18 heavy (non-hydrogen) atoms. The zero-order valence-electron chi connectivity index (χ0n) is 9.67. The number of aromatic nitrogens is 1. The van der Waals surface area contributed by atoms with Crippen LogP contribution in [0.25, 0.3) is 0 Å². The van der Waals surface area contributed by atoms with Crippen LogP contribution in [0, 0.1) is 5.41 Å². The average molecular weight is 240 g/mol. The number of ether oxygens (including phenoxy) is 1. The van der Waals surface area contributed by atoms with Gasteiger partial charge in [0.05, 0.1) is 11.4 Å². The van der Waals surface area contributed by atoms with Gasteiger partial charge in [0.1, 0.15) is 18.6 Å². The van der Waals surface area contributed by atoms with Gasteiger partial charge < -0.3 is 4.74 Å². The number of rotatable bonds is 5. The molecule has 0 saturated carbocycles. The summed E-state index contributed by atoms with van der Waals surface area (Å²) in [5.41, 5.74) is 1.51. The highest BCUT2D eigenvalue weighted by Crippen LogP contribution is 2.11. The fourth-order valence-electron chi connectivity index (χ4n) is 1.41. The van der Waals surface area contributed by atoms with Crippen molar-refractivity contribution in [2.24, 2.45) is 0 Å². The summed E-state index contributed by atoms with van der Waals surface area (Å²) in [7, 11) is 0. The summed E-state index contributed by atoms with van der Waals surface area (Å²) < 4.78 is 5.44. The number of pyridine rings is 1. The van der Waals surface area contributed by atoms with Gasteiger partial charge in [0.2, 0.25) is 0 Å². The highest BCUT2D eigenvalue weighted by Gasteiger charge is 2.03. The molecule has 0 aliphatic carbocycles. The van der Waals surface area contributed by atoms with Crippen molar-refractivity contribution in [3.63, 3.8) is 0 Å². The molecule has 1 aromatic carbocycles. The normalized spacial score (nSPS) is 9.78. The van der Waals surface area contributed by atoms with Crippen LogP contribution in [-0.4, -0.2) is 23.6 Å². The van der Waals surface area contributed by atoms with Crippen LogP contribution in [0.1, 0.15) is 16.1 Å². The minimum Gasteiger partial charge on any atom is -0.487 e. The van der Waals surface area contributed by atoms with Gasteiger partial charge in [0.25, 0.3) is 0 Å². The van der Waals surface area contributed by atoms with Crippen molar-refractivity contribution in [2.75, 3.05) is 6.61 Å². The number of carbonyl (C=O) groups is 1. The molecule has 2 aromatic rings. The maximum Gasteiger partial charge on any atom is 0.150 e. The van der Waals surface area contributed by atoms with E-state index < -0.39 is 0 Å². The van der Waals surface area contributed by atoms with Gasteiger partial charge in [-0.15, -0.1) is 0 Å². The molecule has 90 valence electrons. The van der Waals surface area contributed by atoms with Gasteiger partial charge in [-0.2, -0.15) is 0 Å². The molecule has 0 radical (unpaired) electrons. The molecule has 0 aliphatic heterocycles. The van der Waals surface area contributed by atoms with E-state index in [4.69, 9.17) is 10.1 Å². The first-order valence-corrected chi connectivity index (χ1v) is 5.46. The number of aldehydes is 1. The molecule has 4 nitrogen and oxygen atoms in total. The minimum atomic E-state index is 0.150. The second kappa shape index (κ2) is 5.72. The topological polar surface area (TPSA) is 63.0 Å². The van der Waals surface area contributed by atoms with Crippen molar-refractivity contribution >= 4 is 12.0 Å². The molecular formula is C14H12N2O2. The van der Waals surface area contributed by atoms with Crippen LogP contribution in [0.4, 0.5) is 0 Å². The Labute approximate surface area is 105 Å². The fourth-order valence-corrected chi connectivity index (χ4v) is 1.41.